The molecular weight excluding hydrogens is 156 g/mol. The molecule has 0 saturated carbocycles. The maximum absolute atomic E-state index is 6.13. The normalized spacial score (nSPS) is 30.9. The molecule has 0 aromatic carbocycles. The van der Waals surface area contributed by atoms with Crippen molar-refractivity contribution in [3.63, 3.8) is 0 Å². The molecule has 0 N–H and O–H groups in total. The standard InChI is InChI=1S/C10H15Cl/c1-10(2,3)8-6-4-5-7-9(8)11/h4-9H,1-3H3. The van der Waals surface area contributed by atoms with Crippen molar-refractivity contribution in [3.8, 4) is 0 Å². The van der Waals surface area contributed by atoms with Crippen molar-refractivity contribution in [2.24, 2.45) is 11.3 Å². The minimum Gasteiger partial charge on any atom is -0.118 e. The number of hydrogen-bond donors (Lipinski definition) is 0. The van der Waals surface area contributed by atoms with Crippen molar-refractivity contribution in [1.82, 2.24) is 0 Å². The van der Waals surface area contributed by atoms with E-state index in [1.807, 2.05) is 6.08 Å². The van der Waals surface area contributed by atoms with Crippen LogP contribution in [0.5, 0.6) is 0 Å². The fraction of sp³-hybridized carbons (Fsp3) is 0.600. The molecule has 1 aliphatic rings. The van der Waals surface area contributed by atoms with E-state index in [4.69, 9.17) is 11.6 Å². The summed E-state index contributed by atoms with van der Waals surface area (Å²) in [6.45, 7) is 6.66. The summed E-state index contributed by atoms with van der Waals surface area (Å²) in [5, 5.41) is 0.167. The third-order valence-corrected chi connectivity index (χ3v) is 2.48. The van der Waals surface area contributed by atoms with Crippen LogP contribution in [0.25, 0.3) is 0 Å². The number of allylic oxidation sites excluding steroid dienone is 4. The maximum Gasteiger partial charge on any atom is 0.0586 e. The van der Waals surface area contributed by atoms with Crippen molar-refractivity contribution in [3.05, 3.63) is 24.3 Å². The van der Waals surface area contributed by atoms with Gasteiger partial charge in [-0.05, 0) is 5.41 Å². The highest BCUT2D eigenvalue weighted by molar-refractivity contribution is 6.22. The second-order valence-corrected chi connectivity index (χ2v) is 4.61. The second kappa shape index (κ2) is 3.02. The summed E-state index contributed by atoms with van der Waals surface area (Å²) in [4.78, 5) is 0. The third-order valence-electron chi connectivity index (χ3n) is 2.07. The van der Waals surface area contributed by atoms with E-state index in [0.29, 0.717) is 5.92 Å². The number of hydrogen-bond acceptors (Lipinski definition) is 0. The third kappa shape index (κ3) is 2.10. The van der Waals surface area contributed by atoms with E-state index >= 15 is 0 Å². The Balaban J connectivity index is 2.74. The molecule has 0 spiro atoms. The molecule has 0 heterocycles. The van der Waals surface area contributed by atoms with Crippen LogP contribution in [0.1, 0.15) is 20.8 Å². The lowest BCUT2D eigenvalue weighted by Gasteiger charge is -2.31. The van der Waals surface area contributed by atoms with Crippen molar-refractivity contribution < 1.29 is 0 Å². The fourth-order valence-electron chi connectivity index (χ4n) is 1.35. The van der Waals surface area contributed by atoms with Gasteiger partial charge in [0, 0.05) is 5.92 Å². The van der Waals surface area contributed by atoms with Gasteiger partial charge in [0.05, 0.1) is 5.38 Å². The first-order valence-corrected chi connectivity index (χ1v) is 4.44. The van der Waals surface area contributed by atoms with Crippen molar-refractivity contribution >= 4 is 11.6 Å². The van der Waals surface area contributed by atoms with Gasteiger partial charge in [-0.25, -0.2) is 0 Å². The van der Waals surface area contributed by atoms with Gasteiger partial charge < -0.3 is 0 Å². The molecule has 0 radical (unpaired) electrons. The van der Waals surface area contributed by atoms with Gasteiger partial charge in [0.15, 0.2) is 0 Å². The molecule has 0 nitrogen and oxygen atoms in total. The molecule has 0 aromatic heterocycles. The summed E-state index contributed by atoms with van der Waals surface area (Å²) >= 11 is 6.13. The lowest BCUT2D eigenvalue weighted by atomic mass is 9.77. The minimum atomic E-state index is 0.167. The highest BCUT2D eigenvalue weighted by Gasteiger charge is 2.28. The lowest BCUT2D eigenvalue weighted by Crippen LogP contribution is -2.27. The minimum absolute atomic E-state index is 0.167. The predicted octanol–water partition coefficient (Wildman–Crippen LogP) is 3.38. The van der Waals surface area contributed by atoms with Crippen LogP contribution in [0.4, 0.5) is 0 Å². The van der Waals surface area contributed by atoms with Crippen LogP contribution < -0.4 is 0 Å². The summed E-state index contributed by atoms with van der Waals surface area (Å²) in [6.07, 6.45) is 8.34. The monoisotopic (exact) mass is 170 g/mol. The highest BCUT2D eigenvalue weighted by Crippen LogP contribution is 2.34. The first-order chi connectivity index (χ1) is 5.02. The molecule has 62 valence electrons. The maximum atomic E-state index is 6.13. The fourth-order valence-corrected chi connectivity index (χ4v) is 1.89. The predicted molar refractivity (Wildman–Crippen MR) is 50.9 cm³/mol. The van der Waals surface area contributed by atoms with E-state index in [9.17, 15) is 0 Å². The molecule has 2 unspecified atom stereocenters. The van der Waals surface area contributed by atoms with E-state index < -0.39 is 0 Å². The van der Waals surface area contributed by atoms with Crippen LogP contribution >= 0.6 is 11.6 Å². The topological polar surface area (TPSA) is 0 Å². The van der Waals surface area contributed by atoms with E-state index in [1.54, 1.807) is 0 Å². The van der Waals surface area contributed by atoms with Gasteiger partial charge in [-0.2, -0.15) is 0 Å². The molecule has 0 aliphatic heterocycles. The summed E-state index contributed by atoms with van der Waals surface area (Å²) in [7, 11) is 0. The Bertz CT molecular complexity index is 184. The summed E-state index contributed by atoms with van der Waals surface area (Å²) in [6, 6.07) is 0. The van der Waals surface area contributed by atoms with Crippen LogP contribution in [0.15, 0.2) is 24.3 Å². The van der Waals surface area contributed by atoms with Gasteiger partial charge in [0.1, 0.15) is 0 Å². The average Bonchev–Trinajstić information content (AvgIpc) is 1.86. The molecule has 0 fully saturated rings. The zero-order valence-corrected chi connectivity index (χ0v) is 8.10. The largest absolute Gasteiger partial charge is 0.118 e. The van der Waals surface area contributed by atoms with E-state index in [0.717, 1.165) is 0 Å². The SMILES string of the molecule is CC(C)(C)C1C=CC=CC1Cl. The summed E-state index contributed by atoms with van der Waals surface area (Å²) < 4.78 is 0. The van der Waals surface area contributed by atoms with Crippen LogP contribution in [-0.4, -0.2) is 5.38 Å². The quantitative estimate of drug-likeness (QED) is 0.489. The van der Waals surface area contributed by atoms with Gasteiger partial charge in [-0.15, -0.1) is 11.6 Å². The Morgan fingerprint density at radius 1 is 1.09 bits per heavy atom. The zero-order chi connectivity index (χ0) is 8.48. The Kier molecular flexibility index (Phi) is 2.43. The molecule has 0 aromatic rings. The average molecular weight is 171 g/mol. The Hall–Kier alpha value is -0.230. The van der Waals surface area contributed by atoms with Crippen molar-refractivity contribution in [2.45, 2.75) is 26.1 Å². The highest BCUT2D eigenvalue weighted by atomic mass is 35.5. The second-order valence-electron chi connectivity index (χ2n) is 4.11. The van der Waals surface area contributed by atoms with E-state index in [2.05, 4.69) is 39.0 Å². The van der Waals surface area contributed by atoms with Crippen molar-refractivity contribution in [2.75, 3.05) is 0 Å². The Labute approximate surface area is 73.9 Å². The van der Waals surface area contributed by atoms with E-state index in [-0.39, 0.29) is 10.8 Å². The summed E-state index contributed by atoms with van der Waals surface area (Å²) in [5.74, 6) is 0.467. The summed E-state index contributed by atoms with van der Waals surface area (Å²) in [5.41, 5.74) is 0.272. The number of alkyl halides is 1. The Morgan fingerprint density at radius 3 is 2.00 bits per heavy atom. The van der Waals surface area contributed by atoms with Gasteiger partial charge in [-0.1, -0.05) is 45.1 Å². The van der Waals surface area contributed by atoms with Gasteiger partial charge in [0.2, 0.25) is 0 Å². The molecular formula is C10H15Cl. The Morgan fingerprint density at radius 2 is 1.64 bits per heavy atom. The van der Waals surface area contributed by atoms with E-state index in [1.165, 1.54) is 0 Å². The van der Waals surface area contributed by atoms with Crippen LogP contribution in [-0.2, 0) is 0 Å². The smallest absolute Gasteiger partial charge is 0.0586 e. The zero-order valence-electron chi connectivity index (χ0n) is 7.34. The first-order valence-electron chi connectivity index (χ1n) is 4.01. The molecule has 0 saturated heterocycles. The van der Waals surface area contributed by atoms with Crippen LogP contribution in [0.3, 0.4) is 0 Å². The number of rotatable bonds is 0. The van der Waals surface area contributed by atoms with Gasteiger partial charge >= 0.3 is 0 Å². The molecule has 1 aliphatic carbocycles. The van der Waals surface area contributed by atoms with Gasteiger partial charge in [0.25, 0.3) is 0 Å². The van der Waals surface area contributed by atoms with Crippen LogP contribution in [0, 0.1) is 11.3 Å². The van der Waals surface area contributed by atoms with Crippen molar-refractivity contribution in [1.29, 1.82) is 0 Å². The van der Waals surface area contributed by atoms with Gasteiger partial charge in [-0.3, -0.25) is 0 Å². The first kappa shape index (κ1) is 8.86. The molecule has 1 heteroatoms. The molecule has 1 rings (SSSR count). The molecule has 0 amide bonds. The molecule has 0 bridgehead atoms. The molecule has 2 atom stereocenters. The molecule has 11 heavy (non-hydrogen) atoms. The number of halogens is 1. The van der Waals surface area contributed by atoms with Crippen LogP contribution in [0.2, 0.25) is 0 Å². The lowest BCUT2D eigenvalue weighted by molar-refractivity contribution is 0.297.